The van der Waals surface area contributed by atoms with Gasteiger partial charge in [-0.25, -0.2) is 0 Å². The summed E-state index contributed by atoms with van der Waals surface area (Å²) in [7, 11) is 0. The van der Waals surface area contributed by atoms with Crippen LogP contribution in [0.2, 0.25) is 0 Å². The smallest absolute Gasteiger partial charge is 0.142 e. The zero-order chi connectivity index (χ0) is 9.14. The Labute approximate surface area is 71.7 Å². The standard InChI is InChI=1S/C9H13NO2/c1-3-10-9-6(2)4-7(11)5-8(9)12/h4-5,10-12H,3H2,1-2H3. The quantitative estimate of drug-likeness (QED) is 0.465. The van der Waals surface area contributed by atoms with Crippen LogP contribution in [0.3, 0.4) is 0 Å². The molecule has 0 aliphatic heterocycles. The van der Waals surface area contributed by atoms with Crippen molar-refractivity contribution >= 4 is 5.69 Å². The fourth-order valence-electron chi connectivity index (χ4n) is 1.16. The van der Waals surface area contributed by atoms with Gasteiger partial charge in [-0.1, -0.05) is 0 Å². The molecule has 3 nitrogen and oxygen atoms in total. The van der Waals surface area contributed by atoms with Gasteiger partial charge in [0.25, 0.3) is 0 Å². The van der Waals surface area contributed by atoms with Gasteiger partial charge in [0.15, 0.2) is 0 Å². The van der Waals surface area contributed by atoms with Crippen LogP contribution in [-0.2, 0) is 0 Å². The van der Waals surface area contributed by atoms with E-state index in [4.69, 9.17) is 5.11 Å². The zero-order valence-corrected chi connectivity index (χ0v) is 7.26. The lowest BCUT2D eigenvalue weighted by Crippen LogP contribution is -1.98. The molecule has 0 aliphatic rings. The van der Waals surface area contributed by atoms with Crippen LogP contribution in [0.15, 0.2) is 12.1 Å². The predicted molar refractivity (Wildman–Crippen MR) is 48.7 cm³/mol. The monoisotopic (exact) mass is 167 g/mol. The van der Waals surface area contributed by atoms with Gasteiger partial charge in [-0.3, -0.25) is 0 Å². The molecule has 0 atom stereocenters. The van der Waals surface area contributed by atoms with Crippen molar-refractivity contribution in [1.82, 2.24) is 0 Å². The van der Waals surface area contributed by atoms with E-state index in [1.165, 1.54) is 6.07 Å². The minimum absolute atomic E-state index is 0.0895. The summed E-state index contributed by atoms with van der Waals surface area (Å²) in [5, 5.41) is 21.5. The summed E-state index contributed by atoms with van der Waals surface area (Å²) in [6.45, 7) is 4.53. The lowest BCUT2D eigenvalue weighted by Gasteiger charge is -2.09. The fraction of sp³-hybridized carbons (Fsp3) is 0.333. The molecule has 3 heteroatoms. The summed E-state index contributed by atoms with van der Waals surface area (Å²) in [6, 6.07) is 2.93. The molecule has 0 saturated heterocycles. The Morgan fingerprint density at radius 1 is 1.33 bits per heavy atom. The van der Waals surface area contributed by atoms with Crippen molar-refractivity contribution in [3.05, 3.63) is 17.7 Å². The third kappa shape index (κ3) is 1.61. The summed E-state index contributed by atoms with van der Waals surface area (Å²) in [4.78, 5) is 0. The molecule has 0 fully saturated rings. The highest BCUT2D eigenvalue weighted by atomic mass is 16.3. The first kappa shape index (κ1) is 8.71. The summed E-state index contributed by atoms with van der Waals surface area (Å²) < 4.78 is 0. The van der Waals surface area contributed by atoms with Crippen molar-refractivity contribution in [2.75, 3.05) is 11.9 Å². The third-order valence-electron chi connectivity index (χ3n) is 1.65. The fourth-order valence-corrected chi connectivity index (χ4v) is 1.16. The van der Waals surface area contributed by atoms with E-state index in [-0.39, 0.29) is 11.5 Å². The first-order valence-corrected chi connectivity index (χ1v) is 3.91. The summed E-state index contributed by atoms with van der Waals surface area (Å²) >= 11 is 0. The van der Waals surface area contributed by atoms with Gasteiger partial charge in [0.2, 0.25) is 0 Å². The first-order chi connectivity index (χ1) is 5.65. The molecule has 0 heterocycles. The Morgan fingerprint density at radius 2 is 2.00 bits per heavy atom. The highest BCUT2D eigenvalue weighted by Gasteiger charge is 2.04. The highest BCUT2D eigenvalue weighted by molar-refractivity contribution is 5.63. The third-order valence-corrected chi connectivity index (χ3v) is 1.65. The van der Waals surface area contributed by atoms with Crippen molar-refractivity contribution < 1.29 is 10.2 Å². The van der Waals surface area contributed by atoms with E-state index in [2.05, 4.69) is 5.32 Å². The number of benzene rings is 1. The SMILES string of the molecule is CCNc1c(C)cc(O)cc1O. The van der Waals surface area contributed by atoms with Crippen molar-refractivity contribution in [1.29, 1.82) is 0 Å². The molecule has 0 unspecified atom stereocenters. The number of phenols is 2. The largest absolute Gasteiger partial charge is 0.508 e. The average Bonchev–Trinajstić information content (AvgIpc) is 1.96. The molecule has 1 aromatic rings. The van der Waals surface area contributed by atoms with Gasteiger partial charge in [0, 0.05) is 12.6 Å². The number of aromatic hydroxyl groups is 2. The van der Waals surface area contributed by atoms with Crippen molar-refractivity contribution in [3.8, 4) is 11.5 Å². The van der Waals surface area contributed by atoms with Gasteiger partial charge in [-0.2, -0.15) is 0 Å². The van der Waals surface area contributed by atoms with Crippen molar-refractivity contribution in [2.45, 2.75) is 13.8 Å². The number of aryl methyl sites for hydroxylation is 1. The van der Waals surface area contributed by atoms with Gasteiger partial charge in [-0.05, 0) is 25.5 Å². The Morgan fingerprint density at radius 3 is 2.50 bits per heavy atom. The summed E-state index contributed by atoms with van der Waals surface area (Å²) in [5.41, 5.74) is 1.53. The van der Waals surface area contributed by atoms with Gasteiger partial charge >= 0.3 is 0 Å². The maximum Gasteiger partial charge on any atom is 0.142 e. The second-order valence-corrected chi connectivity index (χ2v) is 2.69. The molecule has 0 radical (unpaired) electrons. The second kappa shape index (κ2) is 3.34. The lowest BCUT2D eigenvalue weighted by atomic mass is 10.1. The topological polar surface area (TPSA) is 52.5 Å². The molecule has 0 saturated carbocycles. The zero-order valence-electron chi connectivity index (χ0n) is 7.26. The predicted octanol–water partition coefficient (Wildman–Crippen LogP) is 1.84. The minimum Gasteiger partial charge on any atom is -0.508 e. The van der Waals surface area contributed by atoms with E-state index in [0.717, 1.165) is 12.1 Å². The maximum absolute atomic E-state index is 9.38. The molecule has 0 spiro atoms. The van der Waals surface area contributed by atoms with Crippen LogP contribution in [0.5, 0.6) is 11.5 Å². The van der Waals surface area contributed by atoms with Crippen LogP contribution >= 0.6 is 0 Å². The molecule has 0 amide bonds. The van der Waals surface area contributed by atoms with E-state index in [1.54, 1.807) is 6.07 Å². The number of hydrogen-bond acceptors (Lipinski definition) is 3. The van der Waals surface area contributed by atoms with E-state index in [9.17, 15) is 5.11 Å². The summed E-state index contributed by atoms with van der Waals surface area (Å²) in [5.74, 6) is 0.181. The average molecular weight is 167 g/mol. The highest BCUT2D eigenvalue weighted by Crippen LogP contribution is 2.31. The van der Waals surface area contributed by atoms with Crippen LogP contribution < -0.4 is 5.32 Å². The second-order valence-electron chi connectivity index (χ2n) is 2.69. The number of anilines is 1. The molecule has 12 heavy (non-hydrogen) atoms. The molecule has 1 aromatic carbocycles. The molecular formula is C9H13NO2. The van der Waals surface area contributed by atoms with E-state index < -0.39 is 0 Å². The van der Waals surface area contributed by atoms with Crippen molar-refractivity contribution in [2.24, 2.45) is 0 Å². The molecule has 0 bridgehead atoms. The van der Waals surface area contributed by atoms with E-state index >= 15 is 0 Å². The minimum atomic E-state index is 0.0895. The van der Waals surface area contributed by atoms with Crippen molar-refractivity contribution in [3.63, 3.8) is 0 Å². The van der Waals surface area contributed by atoms with Crippen LogP contribution in [-0.4, -0.2) is 16.8 Å². The van der Waals surface area contributed by atoms with Gasteiger partial charge in [0.1, 0.15) is 11.5 Å². The molecular weight excluding hydrogens is 154 g/mol. The van der Waals surface area contributed by atoms with Gasteiger partial charge < -0.3 is 15.5 Å². The van der Waals surface area contributed by atoms with E-state index in [1.807, 2.05) is 13.8 Å². The van der Waals surface area contributed by atoms with Gasteiger partial charge in [-0.15, -0.1) is 0 Å². The Kier molecular flexibility index (Phi) is 2.43. The van der Waals surface area contributed by atoms with Crippen LogP contribution in [0.25, 0.3) is 0 Å². The molecule has 3 N–H and O–H groups in total. The number of phenolic OH excluding ortho intramolecular Hbond substituents is 2. The van der Waals surface area contributed by atoms with Gasteiger partial charge in [0.05, 0.1) is 5.69 Å². The number of nitrogens with one attached hydrogen (secondary N) is 1. The maximum atomic E-state index is 9.38. The van der Waals surface area contributed by atoms with Crippen LogP contribution in [0.4, 0.5) is 5.69 Å². The Hall–Kier alpha value is -1.38. The Bertz CT molecular complexity index is 261. The number of hydrogen-bond donors (Lipinski definition) is 3. The molecule has 0 aromatic heterocycles. The van der Waals surface area contributed by atoms with Crippen LogP contribution in [0, 0.1) is 6.92 Å². The lowest BCUT2D eigenvalue weighted by molar-refractivity contribution is 0.451. The Balaban J connectivity index is 3.10. The van der Waals surface area contributed by atoms with E-state index in [0.29, 0.717) is 5.69 Å². The van der Waals surface area contributed by atoms with Crippen LogP contribution in [0.1, 0.15) is 12.5 Å². The summed E-state index contributed by atoms with van der Waals surface area (Å²) in [6.07, 6.45) is 0. The molecule has 66 valence electrons. The first-order valence-electron chi connectivity index (χ1n) is 3.91. The molecule has 1 rings (SSSR count). The normalized spacial score (nSPS) is 9.83. The number of rotatable bonds is 2. The molecule has 0 aliphatic carbocycles.